The molecule has 1 aromatic rings. The van der Waals surface area contributed by atoms with Crippen LogP contribution in [0.15, 0.2) is 43.5 Å². The van der Waals surface area contributed by atoms with Gasteiger partial charge in [-0.3, -0.25) is 0 Å². The van der Waals surface area contributed by atoms with Crippen LogP contribution in [0.25, 0.3) is 0 Å². The zero-order chi connectivity index (χ0) is 7.11. The maximum atomic E-state index is 8.63. The van der Waals surface area contributed by atoms with Gasteiger partial charge in [0.05, 0.1) is 0 Å². The van der Waals surface area contributed by atoms with Crippen molar-refractivity contribution in [3.05, 3.63) is 43.5 Å². The molecule has 0 heterocycles. The number of para-hydroxylation sites is 1. The molecule has 0 unspecified atom stereocenters. The molecular formula is C8H10IrO. The molecule has 10 heavy (non-hydrogen) atoms. The van der Waals surface area contributed by atoms with Crippen molar-refractivity contribution >= 4 is 0 Å². The van der Waals surface area contributed by atoms with Gasteiger partial charge in [-0.25, -0.2) is 0 Å². The van der Waals surface area contributed by atoms with Gasteiger partial charge < -0.3 is 5.11 Å². The molecule has 0 saturated carbocycles. The SMILES string of the molecule is C=C.Oc1ccccc1.[Ir]. The first-order valence-electron chi connectivity index (χ1n) is 2.63. The van der Waals surface area contributed by atoms with E-state index in [4.69, 9.17) is 5.11 Å². The molecule has 1 nitrogen and oxygen atoms in total. The average Bonchev–Trinajstić information content (AvgIpc) is 1.94. The normalized spacial score (nSPS) is 6.40. The molecule has 1 rings (SSSR count). The van der Waals surface area contributed by atoms with Crippen molar-refractivity contribution in [2.24, 2.45) is 0 Å². The molecule has 0 amide bonds. The van der Waals surface area contributed by atoms with Crippen LogP contribution in [0.5, 0.6) is 5.75 Å². The minimum atomic E-state index is 0. The first kappa shape index (κ1) is 12.1. The van der Waals surface area contributed by atoms with Crippen molar-refractivity contribution in [1.29, 1.82) is 0 Å². The zero-order valence-electron chi connectivity index (χ0n) is 5.58. The number of phenolic OH excluding ortho intramolecular Hbond substituents is 1. The summed E-state index contributed by atoms with van der Waals surface area (Å²) < 4.78 is 0. The summed E-state index contributed by atoms with van der Waals surface area (Å²) in [4.78, 5) is 0. The third kappa shape index (κ3) is 5.54. The van der Waals surface area contributed by atoms with E-state index in [1.165, 1.54) is 0 Å². The van der Waals surface area contributed by atoms with Gasteiger partial charge in [0.1, 0.15) is 5.75 Å². The molecule has 2 heteroatoms. The van der Waals surface area contributed by atoms with E-state index in [1.54, 1.807) is 24.3 Å². The van der Waals surface area contributed by atoms with E-state index in [0.29, 0.717) is 5.75 Å². The Balaban J connectivity index is 0. The Morgan fingerprint density at radius 1 is 1.00 bits per heavy atom. The van der Waals surface area contributed by atoms with Crippen molar-refractivity contribution in [3.8, 4) is 5.75 Å². The maximum absolute atomic E-state index is 8.63. The monoisotopic (exact) mass is 315 g/mol. The summed E-state index contributed by atoms with van der Waals surface area (Å²) in [6.07, 6.45) is 0. The Morgan fingerprint density at radius 2 is 1.40 bits per heavy atom. The van der Waals surface area contributed by atoms with Gasteiger partial charge in [-0.05, 0) is 12.1 Å². The average molecular weight is 314 g/mol. The van der Waals surface area contributed by atoms with Crippen molar-refractivity contribution in [2.75, 3.05) is 0 Å². The number of hydrogen-bond donors (Lipinski definition) is 1. The van der Waals surface area contributed by atoms with E-state index in [0.717, 1.165) is 0 Å². The number of hydrogen-bond acceptors (Lipinski definition) is 1. The van der Waals surface area contributed by atoms with Crippen LogP contribution in [0.1, 0.15) is 0 Å². The Morgan fingerprint density at radius 3 is 1.60 bits per heavy atom. The largest absolute Gasteiger partial charge is 0.508 e. The van der Waals surface area contributed by atoms with Crippen molar-refractivity contribution in [3.63, 3.8) is 0 Å². The number of rotatable bonds is 0. The third-order valence-corrected chi connectivity index (χ3v) is 0.756. The second-order valence-electron chi connectivity index (χ2n) is 1.34. The standard InChI is InChI=1S/C6H6O.C2H4.Ir/c7-6-4-2-1-3-5-6;1-2;/h1-5,7H;1-2H2;. The summed E-state index contributed by atoms with van der Waals surface area (Å²) in [5.41, 5.74) is 0. The fourth-order valence-electron chi connectivity index (χ4n) is 0.428. The van der Waals surface area contributed by atoms with Crippen LogP contribution < -0.4 is 0 Å². The predicted molar refractivity (Wildman–Crippen MR) is 39.4 cm³/mol. The van der Waals surface area contributed by atoms with Gasteiger partial charge >= 0.3 is 0 Å². The van der Waals surface area contributed by atoms with Crippen molar-refractivity contribution in [1.82, 2.24) is 0 Å². The van der Waals surface area contributed by atoms with Crippen LogP contribution in [0.4, 0.5) is 0 Å². The molecule has 0 saturated heterocycles. The topological polar surface area (TPSA) is 20.2 Å². The summed E-state index contributed by atoms with van der Waals surface area (Å²) in [6.45, 7) is 6.00. The van der Waals surface area contributed by atoms with Gasteiger partial charge in [0.25, 0.3) is 0 Å². The fraction of sp³-hybridized carbons (Fsp3) is 0. The zero-order valence-corrected chi connectivity index (χ0v) is 7.98. The van der Waals surface area contributed by atoms with E-state index < -0.39 is 0 Å². The summed E-state index contributed by atoms with van der Waals surface area (Å²) >= 11 is 0. The van der Waals surface area contributed by atoms with Crippen LogP contribution >= 0.6 is 0 Å². The van der Waals surface area contributed by atoms with E-state index in [9.17, 15) is 0 Å². The molecule has 0 aromatic heterocycles. The first-order valence-corrected chi connectivity index (χ1v) is 2.63. The Labute approximate surface area is 74.8 Å². The van der Waals surface area contributed by atoms with Gasteiger partial charge in [0.15, 0.2) is 0 Å². The molecule has 0 fully saturated rings. The molecular weight excluding hydrogens is 304 g/mol. The molecule has 1 aromatic carbocycles. The van der Waals surface area contributed by atoms with Gasteiger partial charge in [-0.2, -0.15) is 0 Å². The van der Waals surface area contributed by atoms with E-state index in [-0.39, 0.29) is 20.1 Å². The quantitative estimate of drug-likeness (QED) is 0.728. The summed E-state index contributed by atoms with van der Waals surface area (Å²) in [6, 6.07) is 8.71. The molecule has 0 atom stereocenters. The van der Waals surface area contributed by atoms with E-state index in [2.05, 4.69) is 13.2 Å². The molecule has 0 spiro atoms. The number of benzene rings is 1. The number of phenols is 1. The Kier molecular flexibility index (Phi) is 10.2. The summed E-state index contributed by atoms with van der Waals surface area (Å²) in [7, 11) is 0. The summed E-state index contributed by atoms with van der Waals surface area (Å²) in [5.74, 6) is 0.322. The minimum absolute atomic E-state index is 0. The van der Waals surface area contributed by atoms with Crippen LogP contribution in [0, 0.1) is 0 Å². The van der Waals surface area contributed by atoms with Gasteiger partial charge in [0, 0.05) is 20.1 Å². The molecule has 0 bridgehead atoms. The second-order valence-corrected chi connectivity index (χ2v) is 1.34. The fourth-order valence-corrected chi connectivity index (χ4v) is 0.428. The second kappa shape index (κ2) is 8.41. The van der Waals surface area contributed by atoms with Crippen LogP contribution in [-0.4, -0.2) is 5.11 Å². The molecule has 1 N–H and O–H groups in total. The molecule has 1 radical (unpaired) electrons. The van der Waals surface area contributed by atoms with Crippen LogP contribution in [-0.2, 0) is 20.1 Å². The van der Waals surface area contributed by atoms with E-state index in [1.807, 2.05) is 6.07 Å². The molecule has 0 aliphatic carbocycles. The molecule has 0 aliphatic rings. The first-order chi connectivity index (χ1) is 4.39. The smallest absolute Gasteiger partial charge is 0.115 e. The van der Waals surface area contributed by atoms with Crippen molar-refractivity contribution < 1.29 is 25.2 Å². The molecule has 0 aliphatic heterocycles. The maximum Gasteiger partial charge on any atom is 0.115 e. The van der Waals surface area contributed by atoms with E-state index >= 15 is 0 Å². The van der Waals surface area contributed by atoms with Crippen LogP contribution in [0.2, 0.25) is 0 Å². The number of aromatic hydroxyl groups is 1. The Hall–Kier alpha value is -0.591. The predicted octanol–water partition coefficient (Wildman–Crippen LogP) is 2.19. The third-order valence-electron chi connectivity index (χ3n) is 0.756. The minimum Gasteiger partial charge on any atom is -0.508 e. The van der Waals surface area contributed by atoms with Gasteiger partial charge in [0.2, 0.25) is 0 Å². The van der Waals surface area contributed by atoms with Crippen molar-refractivity contribution in [2.45, 2.75) is 0 Å². The molecule has 57 valence electrons. The van der Waals surface area contributed by atoms with Gasteiger partial charge in [-0.1, -0.05) is 18.2 Å². The van der Waals surface area contributed by atoms with Gasteiger partial charge in [-0.15, -0.1) is 13.2 Å². The Bertz CT molecular complexity index is 151. The summed E-state index contributed by atoms with van der Waals surface area (Å²) in [5, 5.41) is 8.63. The van der Waals surface area contributed by atoms with Crippen LogP contribution in [0.3, 0.4) is 0 Å².